The Morgan fingerprint density at radius 1 is 1.35 bits per heavy atom. The molecule has 1 fully saturated rings. The van der Waals surface area contributed by atoms with Gasteiger partial charge in [-0.3, -0.25) is 9.48 Å². The van der Waals surface area contributed by atoms with Gasteiger partial charge >= 0.3 is 0 Å². The van der Waals surface area contributed by atoms with Crippen molar-refractivity contribution in [2.75, 3.05) is 13.1 Å². The summed E-state index contributed by atoms with van der Waals surface area (Å²) in [5.41, 5.74) is 2.28. The zero-order valence-electron chi connectivity index (χ0n) is 13.3. The summed E-state index contributed by atoms with van der Waals surface area (Å²) >= 11 is 0. The van der Waals surface area contributed by atoms with E-state index in [1.54, 1.807) is 0 Å². The van der Waals surface area contributed by atoms with Crippen LogP contribution >= 0.6 is 0 Å². The molecule has 3 heterocycles. The summed E-state index contributed by atoms with van der Waals surface area (Å²) < 4.78 is 7.85. The molecule has 1 aromatic carbocycles. The largest absolute Gasteiger partial charge is 0.480 e. The number of hydrogen-bond acceptors (Lipinski definition) is 3. The standard InChI is InChI=1S/C18H21N3O2/c1-13-10-19-21(11-13)15-6-4-8-20(12-15)18(22)17-9-14-5-2-3-7-16(14)23-17/h2-3,5,7,10-11,15,17H,4,6,8-9,12H2,1H3/t15-,17+/m0/s1. The second kappa shape index (κ2) is 5.72. The summed E-state index contributed by atoms with van der Waals surface area (Å²) in [6.07, 6.45) is 6.31. The Bertz CT molecular complexity index is 700. The SMILES string of the molecule is Cc1cnn([C@H]2CCCN(C(=O)[C@H]3Cc4ccccc4O3)C2)c1. The molecular weight excluding hydrogens is 290 g/mol. The van der Waals surface area contributed by atoms with E-state index in [4.69, 9.17) is 4.74 Å². The number of fused-ring (bicyclic) bond motifs is 1. The average molecular weight is 311 g/mol. The minimum atomic E-state index is -0.370. The summed E-state index contributed by atoms with van der Waals surface area (Å²) in [6.45, 7) is 3.57. The quantitative estimate of drug-likeness (QED) is 0.855. The van der Waals surface area contributed by atoms with Gasteiger partial charge in [0.15, 0.2) is 6.10 Å². The predicted molar refractivity (Wildman–Crippen MR) is 86.4 cm³/mol. The number of likely N-dealkylation sites (tertiary alicyclic amines) is 1. The highest BCUT2D eigenvalue weighted by molar-refractivity contribution is 5.82. The lowest BCUT2D eigenvalue weighted by Crippen LogP contribution is -2.46. The smallest absolute Gasteiger partial charge is 0.264 e. The summed E-state index contributed by atoms with van der Waals surface area (Å²) in [6, 6.07) is 8.18. The van der Waals surface area contributed by atoms with Crippen LogP contribution in [0.3, 0.4) is 0 Å². The lowest BCUT2D eigenvalue weighted by atomic mass is 10.0. The van der Waals surface area contributed by atoms with Crippen molar-refractivity contribution in [3.8, 4) is 5.75 Å². The van der Waals surface area contributed by atoms with Crippen molar-refractivity contribution >= 4 is 5.91 Å². The number of ether oxygens (including phenoxy) is 1. The monoisotopic (exact) mass is 311 g/mol. The van der Waals surface area contributed by atoms with E-state index >= 15 is 0 Å². The zero-order valence-corrected chi connectivity index (χ0v) is 13.3. The van der Waals surface area contributed by atoms with Gasteiger partial charge in [-0.2, -0.15) is 5.10 Å². The minimum Gasteiger partial charge on any atom is -0.480 e. The summed E-state index contributed by atoms with van der Waals surface area (Å²) in [7, 11) is 0. The molecule has 0 bridgehead atoms. The first kappa shape index (κ1) is 14.3. The third-order valence-corrected chi connectivity index (χ3v) is 4.74. The molecule has 1 aromatic heterocycles. The predicted octanol–water partition coefficient (Wildman–Crippen LogP) is 2.36. The highest BCUT2D eigenvalue weighted by atomic mass is 16.5. The van der Waals surface area contributed by atoms with E-state index in [1.807, 2.05) is 47.0 Å². The number of para-hydroxylation sites is 1. The molecule has 2 aliphatic heterocycles. The second-order valence-electron chi connectivity index (χ2n) is 6.50. The zero-order chi connectivity index (χ0) is 15.8. The summed E-state index contributed by atoms with van der Waals surface area (Å²) in [5.74, 6) is 0.955. The maximum absolute atomic E-state index is 12.8. The Labute approximate surface area is 135 Å². The average Bonchev–Trinajstić information content (AvgIpc) is 3.20. The van der Waals surface area contributed by atoms with Crippen LogP contribution in [0.15, 0.2) is 36.7 Å². The van der Waals surface area contributed by atoms with Gasteiger partial charge in [-0.15, -0.1) is 0 Å². The Morgan fingerprint density at radius 2 is 2.22 bits per heavy atom. The van der Waals surface area contributed by atoms with Gasteiger partial charge in [0, 0.05) is 25.7 Å². The fourth-order valence-corrected chi connectivity index (χ4v) is 3.53. The topological polar surface area (TPSA) is 47.4 Å². The van der Waals surface area contributed by atoms with Gasteiger partial charge < -0.3 is 9.64 Å². The highest BCUT2D eigenvalue weighted by Gasteiger charge is 2.34. The maximum Gasteiger partial charge on any atom is 0.264 e. The summed E-state index contributed by atoms with van der Waals surface area (Å²) in [4.78, 5) is 14.8. The molecule has 0 saturated carbocycles. The Morgan fingerprint density at radius 3 is 3.00 bits per heavy atom. The molecule has 5 nitrogen and oxygen atoms in total. The highest BCUT2D eigenvalue weighted by Crippen LogP contribution is 2.30. The van der Waals surface area contributed by atoms with E-state index in [1.165, 1.54) is 0 Å². The molecule has 0 N–H and O–H groups in total. The van der Waals surface area contributed by atoms with Crippen molar-refractivity contribution < 1.29 is 9.53 Å². The van der Waals surface area contributed by atoms with Crippen LogP contribution < -0.4 is 4.74 Å². The number of rotatable bonds is 2. The number of nitrogens with zero attached hydrogens (tertiary/aromatic N) is 3. The van der Waals surface area contributed by atoms with Crippen molar-refractivity contribution in [2.24, 2.45) is 0 Å². The molecule has 120 valence electrons. The molecule has 0 radical (unpaired) electrons. The number of piperidine rings is 1. The Hall–Kier alpha value is -2.30. The second-order valence-corrected chi connectivity index (χ2v) is 6.50. The first-order chi connectivity index (χ1) is 11.2. The number of hydrogen-bond donors (Lipinski definition) is 0. The molecule has 1 saturated heterocycles. The van der Waals surface area contributed by atoms with E-state index in [0.717, 1.165) is 42.8 Å². The van der Waals surface area contributed by atoms with Gasteiger partial charge in [-0.1, -0.05) is 18.2 Å². The fourth-order valence-electron chi connectivity index (χ4n) is 3.53. The maximum atomic E-state index is 12.8. The van der Waals surface area contributed by atoms with Crippen molar-refractivity contribution in [1.29, 1.82) is 0 Å². The first-order valence-corrected chi connectivity index (χ1v) is 8.25. The van der Waals surface area contributed by atoms with Crippen LogP contribution in [0.25, 0.3) is 0 Å². The third kappa shape index (κ3) is 2.71. The normalized spacial score (nSPS) is 23.4. The van der Waals surface area contributed by atoms with Crippen molar-refractivity contribution in [3.63, 3.8) is 0 Å². The molecule has 23 heavy (non-hydrogen) atoms. The van der Waals surface area contributed by atoms with Crippen molar-refractivity contribution in [1.82, 2.24) is 14.7 Å². The molecule has 2 aliphatic rings. The molecule has 5 heteroatoms. The minimum absolute atomic E-state index is 0.106. The Kier molecular flexibility index (Phi) is 3.56. The molecule has 2 aromatic rings. The van der Waals surface area contributed by atoms with E-state index < -0.39 is 0 Å². The van der Waals surface area contributed by atoms with E-state index in [9.17, 15) is 4.79 Å². The van der Waals surface area contributed by atoms with E-state index in [-0.39, 0.29) is 18.1 Å². The molecule has 1 amide bonds. The third-order valence-electron chi connectivity index (χ3n) is 4.74. The van der Waals surface area contributed by atoms with Crippen molar-refractivity contribution in [2.45, 2.75) is 38.3 Å². The molecule has 0 aliphatic carbocycles. The van der Waals surface area contributed by atoms with Gasteiger partial charge in [0.25, 0.3) is 5.91 Å². The number of amides is 1. The molecule has 2 atom stereocenters. The van der Waals surface area contributed by atoms with Crippen LogP contribution in [0.1, 0.15) is 30.0 Å². The number of carbonyl (C=O) groups excluding carboxylic acids is 1. The van der Waals surface area contributed by atoms with Gasteiger partial charge in [0.2, 0.25) is 0 Å². The molecule has 0 unspecified atom stereocenters. The number of aryl methyl sites for hydroxylation is 1. The van der Waals surface area contributed by atoms with Crippen LogP contribution in [0.2, 0.25) is 0 Å². The molecule has 0 spiro atoms. The van der Waals surface area contributed by atoms with Crippen LogP contribution in [0.4, 0.5) is 0 Å². The lowest BCUT2D eigenvalue weighted by molar-refractivity contribution is -0.139. The Balaban J connectivity index is 1.45. The van der Waals surface area contributed by atoms with Crippen molar-refractivity contribution in [3.05, 3.63) is 47.8 Å². The van der Waals surface area contributed by atoms with Crippen LogP contribution in [0, 0.1) is 6.92 Å². The van der Waals surface area contributed by atoms with Gasteiger partial charge in [0.1, 0.15) is 5.75 Å². The number of aromatic nitrogens is 2. The lowest BCUT2D eigenvalue weighted by Gasteiger charge is -2.34. The van der Waals surface area contributed by atoms with E-state index in [2.05, 4.69) is 11.3 Å². The van der Waals surface area contributed by atoms with E-state index in [0.29, 0.717) is 6.42 Å². The fraction of sp³-hybridized carbons (Fsp3) is 0.444. The summed E-state index contributed by atoms with van der Waals surface area (Å²) in [5, 5.41) is 4.41. The number of carbonyl (C=O) groups is 1. The van der Waals surface area contributed by atoms with Crippen LogP contribution in [-0.2, 0) is 11.2 Å². The first-order valence-electron chi connectivity index (χ1n) is 8.25. The van der Waals surface area contributed by atoms with Gasteiger partial charge in [0.05, 0.1) is 12.2 Å². The molecule has 4 rings (SSSR count). The van der Waals surface area contributed by atoms with Crippen LogP contribution in [-0.4, -0.2) is 39.8 Å². The molecular formula is C18H21N3O2. The van der Waals surface area contributed by atoms with Gasteiger partial charge in [-0.05, 0) is 37.0 Å². The number of benzene rings is 1. The van der Waals surface area contributed by atoms with Gasteiger partial charge in [-0.25, -0.2) is 0 Å². The van der Waals surface area contributed by atoms with Crippen LogP contribution in [0.5, 0.6) is 5.75 Å².